The lowest BCUT2D eigenvalue weighted by atomic mass is 9.85. The molecule has 1 atom stereocenters. The number of carbonyl (C=O) groups is 3. The van der Waals surface area contributed by atoms with Gasteiger partial charge in [-0.05, 0) is 48.4 Å². The van der Waals surface area contributed by atoms with E-state index in [1.807, 2.05) is 13.0 Å². The molecule has 4 amide bonds. The molecule has 0 radical (unpaired) electrons. The molecule has 2 N–H and O–H groups in total. The monoisotopic (exact) mass is 408 g/mol. The van der Waals surface area contributed by atoms with E-state index < -0.39 is 35.7 Å². The number of nitrogens with one attached hydrogen (secondary N) is 2. The number of hydrogen-bond donors (Lipinski definition) is 2. The second kappa shape index (κ2) is 8.74. The summed E-state index contributed by atoms with van der Waals surface area (Å²) in [5.74, 6) is -1.53. The number of hydrogen-bond acceptors (Lipinski definition) is 4. The maximum atomic E-state index is 13.4. The van der Waals surface area contributed by atoms with E-state index >= 15 is 0 Å². The van der Waals surface area contributed by atoms with Crippen LogP contribution in [0.4, 0.5) is 14.9 Å². The highest BCUT2D eigenvalue weighted by molar-refractivity contribution is 6.10. The molecule has 0 aliphatic carbocycles. The van der Waals surface area contributed by atoms with Crippen LogP contribution in [0.3, 0.4) is 0 Å². The predicted octanol–water partition coefficient (Wildman–Crippen LogP) is 3.27. The third-order valence-corrected chi connectivity index (χ3v) is 5.02. The molecular weight excluding hydrogens is 387 g/mol. The van der Waals surface area contributed by atoms with Crippen molar-refractivity contribution < 1.29 is 18.8 Å². The molecular formula is C22H21FN4O3. The number of imide groups is 1. The molecule has 30 heavy (non-hydrogen) atoms. The highest BCUT2D eigenvalue weighted by Gasteiger charge is 2.52. The van der Waals surface area contributed by atoms with Crippen LogP contribution in [0.2, 0.25) is 0 Å². The van der Waals surface area contributed by atoms with Crippen LogP contribution in [0.25, 0.3) is 0 Å². The average molecular weight is 408 g/mol. The van der Waals surface area contributed by atoms with E-state index in [-0.39, 0.29) is 0 Å². The van der Waals surface area contributed by atoms with Gasteiger partial charge >= 0.3 is 6.03 Å². The van der Waals surface area contributed by atoms with Crippen molar-refractivity contribution in [3.8, 4) is 6.07 Å². The highest BCUT2D eigenvalue weighted by atomic mass is 19.1. The van der Waals surface area contributed by atoms with E-state index in [2.05, 4.69) is 10.6 Å². The minimum Gasteiger partial charge on any atom is -0.325 e. The molecule has 0 saturated carbocycles. The zero-order valence-corrected chi connectivity index (χ0v) is 16.4. The first-order valence-electron chi connectivity index (χ1n) is 9.60. The molecule has 0 aromatic heterocycles. The maximum Gasteiger partial charge on any atom is 0.325 e. The Labute approximate surface area is 173 Å². The number of benzene rings is 2. The lowest BCUT2D eigenvalue weighted by molar-refractivity contribution is -0.134. The Morgan fingerprint density at radius 3 is 2.43 bits per heavy atom. The summed E-state index contributed by atoms with van der Waals surface area (Å²) >= 11 is 0. The standard InChI is InChI=1S/C22H21FN4O3/c1-2-3-12-22(16-6-8-17(23)9-7-16)20(29)27(21(30)26-22)14-19(28)25-18-10-4-15(13-24)5-11-18/h4-11H,2-3,12,14H2,1H3,(H,25,28)(H,26,30). The van der Waals surface area contributed by atoms with Crippen LogP contribution in [0.15, 0.2) is 48.5 Å². The van der Waals surface area contributed by atoms with Crippen molar-refractivity contribution in [2.24, 2.45) is 0 Å². The zero-order valence-electron chi connectivity index (χ0n) is 16.4. The van der Waals surface area contributed by atoms with Crippen molar-refractivity contribution in [1.29, 1.82) is 5.26 Å². The van der Waals surface area contributed by atoms with Gasteiger partial charge in [-0.3, -0.25) is 14.5 Å². The van der Waals surface area contributed by atoms with Crippen LogP contribution >= 0.6 is 0 Å². The van der Waals surface area contributed by atoms with Crippen molar-refractivity contribution in [3.63, 3.8) is 0 Å². The number of nitriles is 1. The van der Waals surface area contributed by atoms with Gasteiger partial charge in [-0.1, -0.05) is 31.9 Å². The fourth-order valence-electron chi connectivity index (χ4n) is 3.43. The molecule has 1 heterocycles. The van der Waals surface area contributed by atoms with Crippen LogP contribution in [0.1, 0.15) is 37.3 Å². The molecule has 1 aliphatic rings. The van der Waals surface area contributed by atoms with Gasteiger partial charge in [0.2, 0.25) is 5.91 Å². The number of anilines is 1. The van der Waals surface area contributed by atoms with Gasteiger partial charge in [-0.2, -0.15) is 5.26 Å². The zero-order chi connectivity index (χ0) is 21.7. The minimum absolute atomic E-state index is 0.341. The summed E-state index contributed by atoms with van der Waals surface area (Å²) in [4.78, 5) is 39.1. The Morgan fingerprint density at radius 1 is 1.17 bits per heavy atom. The first kappa shape index (κ1) is 21.0. The van der Waals surface area contributed by atoms with E-state index in [0.29, 0.717) is 29.7 Å². The molecule has 0 bridgehead atoms. The Hall–Kier alpha value is -3.73. The summed E-state index contributed by atoms with van der Waals surface area (Å²) in [5, 5.41) is 14.2. The molecule has 1 unspecified atom stereocenters. The van der Waals surface area contributed by atoms with Crippen molar-refractivity contribution in [1.82, 2.24) is 10.2 Å². The van der Waals surface area contributed by atoms with Gasteiger partial charge in [0.05, 0.1) is 11.6 Å². The van der Waals surface area contributed by atoms with Crippen LogP contribution in [0, 0.1) is 17.1 Å². The number of urea groups is 1. The highest BCUT2D eigenvalue weighted by Crippen LogP contribution is 2.34. The quantitative estimate of drug-likeness (QED) is 0.687. The minimum atomic E-state index is -1.32. The molecule has 3 rings (SSSR count). The van der Waals surface area contributed by atoms with Gasteiger partial charge in [-0.25, -0.2) is 9.18 Å². The summed E-state index contributed by atoms with van der Waals surface area (Å²) in [6, 6.07) is 13.0. The normalized spacial score (nSPS) is 18.1. The molecule has 1 saturated heterocycles. The van der Waals surface area contributed by atoms with Crippen LogP contribution in [0.5, 0.6) is 0 Å². The number of nitrogens with zero attached hydrogens (tertiary/aromatic N) is 2. The van der Waals surface area contributed by atoms with Gasteiger partial charge in [0.1, 0.15) is 17.9 Å². The van der Waals surface area contributed by atoms with Gasteiger partial charge in [0.25, 0.3) is 5.91 Å². The Morgan fingerprint density at radius 2 is 1.83 bits per heavy atom. The first-order chi connectivity index (χ1) is 14.4. The van der Waals surface area contributed by atoms with Crippen molar-refractivity contribution in [2.45, 2.75) is 31.7 Å². The molecule has 7 nitrogen and oxygen atoms in total. The molecule has 8 heteroatoms. The Balaban J connectivity index is 1.79. The molecule has 2 aromatic rings. The van der Waals surface area contributed by atoms with Crippen molar-refractivity contribution in [2.75, 3.05) is 11.9 Å². The Kier molecular flexibility index (Phi) is 6.11. The third-order valence-electron chi connectivity index (χ3n) is 5.02. The van der Waals surface area contributed by atoms with Gasteiger partial charge in [-0.15, -0.1) is 0 Å². The van der Waals surface area contributed by atoms with Crippen molar-refractivity contribution in [3.05, 3.63) is 65.5 Å². The van der Waals surface area contributed by atoms with E-state index in [0.717, 1.165) is 11.3 Å². The van der Waals surface area contributed by atoms with E-state index in [9.17, 15) is 18.8 Å². The lowest BCUT2D eigenvalue weighted by Crippen LogP contribution is -2.44. The summed E-state index contributed by atoms with van der Waals surface area (Å²) < 4.78 is 13.4. The number of unbranched alkanes of at least 4 members (excludes halogenated alkanes) is 1. The van der Waals surface area contributed by atoms with E-state index in [4.69, 9.17) is 5.26 Å². The third kappa shape index (κ3) is 4.15. The van der Waals surface area contributed by atoms with Crippen LogP contribution < -0.4 is 10.6 Å². The lowest BCUT2D eigenvalue weighted by Gasteiger charge is -2.27. The molecule has 154 valence electrons. The molecule has 2 aromatic carbocycles. The van der Waals surface area contributed by atoms with Gasteiger partial charge in [0, 0.05) is 5.69 Å². The van der Waals surface area contributed by atoms with E-state index in [1.165, 1.54) is 24.3 Å². The maximum absolute atomic E-state index is 13.4. The first-order valence-corrected chi connectivity index (χ1v) is 9.60. The molecule has 1 aliphatic heterocycles. The van der Waals surface area contributed by atoms with Gasteiger partial charge < -0.3 is 10.6 Å². The Bertz CT molecular complexity index is 999. The van der Waals surface area contributed by atoms with Gasteiger partial charge in [0.15, 0.2) is 0 Å². The second-order valence-electron chi connectivity index (χ2n) is 7.07. The fraction of sp³-hybridized carbons (Fsp3) is 0.273. The molecule has 1 fully saturated rings. The number of rotatable bonds is 7. The topological polar surface area (TPSA) is 102 Å². The SMILES string of the molecule is CCCCC1(c2ccc(F)cc2)NC(=O)N(CC(=O)Nc2ccc(C#N)cc2)C1=O. The van der Waals surface area contributed by atoms with Crippen LogP contribution in [-0.4, -0.2) is 29.3 Å². The summed E-state index contributed by atoms with van der Waals surface area (Å²) in [6.07, 6.45) is 1.80. The summed E-state index contributed by atoms with van der Waals surface area (Å²) in [7, 11) is 0. The largest absolute Gasteiger partial charge is 0.325 e. The second-order valence-corrected chi connectivity index (χ2v) is 7.07. The van der Waals surface area contributed by atoms with E-state index in [1.54, 1.807) is 24.3 Å². The predicted molar refractivity (Wildman–Crippen MR) is 108 cm³/mol. The van der Waals surface area contributed by atoms with Crippen LogP contribution in [-0.2, 0) is 15.1 Å². The molecule has 0 spiro atoms. The smallest absolute Gasteiger partial charge is 0.325 e. The van der Waals surface area contributed by atoms with Crippen molar-refractivity contribution >= 4 is 23.5 Å². The summed E-state index contributed by atoms with van der Waals surface area (Å²) in [5.41, 5.74) is 0.0461. The fourth-order valence-corrected chi connectivity index (χ4v) is 3.43. The summed E-state index contributed by atoms with van der Waals surface area (Å²) in [6.45, 7) is 1.50. The number of amides is 4. The number of carbonyl (C=O) groups excluding carboxylic acids is 3. The average Bonchev–Trinajstić information content (AvgIpc) is 2.98. The number of halogens is 1.